The second kappa shape index (κ2) is 7.62. The van der Waals surface area contributed by atoms with Gasteiger partial charge in [-0.2, -0.15) is 0 Å². The number of hydrogen-bond acceptors (Lipinski definition) is 3. The predicted octanol–water partition coefficient (Wildman–Crippen LogP) is 1.41. The fourth-order valence-electron chi connectivity index (χ4n) is 3.90. The Morgan fingerprint density at radius 2 is 1.79 bits per heavy atom. The van der Waals surface area contributed by atoms with Gasteiger partial charge in [-0.05, 0) is 24.1 Å². The molecule has 8 heteroatoms. The minimum absolute atomic E-state index is 0.148. The van der Waals surface area contributed by atoms with Gasteiger partial charge in [-0.15, -0.1) is 0 Å². The molecule has 3 amide bonds. The summed E-state index contributed by atoms with van der Waals surface area (Å²) in [4.78, 5) is 39.1. The zero-order valence-corrected chi connectivity index (χ0v) is 15.4. The zero-order valence-electron chi connectivity index (χ0n) is 15.4. The quantitative estimate of drug-likeness (QED) is 0.816. The van der Waals surface area contributed by atoms with Crippen LogP contribution in [0.3, 0.4) is 0 Å². The summed E-state index contributed by atoms with van der Waals surface area (Å²) in [6, 6.07) is 10.1. The Labute approximate surface area is 165 Å². The van der Waals surface area contributed by atoms with Crippen molar-refractivity contribution in [3.63, 3.8) is 0 Å². The Morgan fingerprint density at radius 3 is 2.48 bits per heavy atom. The first kappa shape index (κ1) is 19.0. The molecule has 0 unspecified atom stereocenters. The molecule has 0 aliphatic carbocycles. The number of piperazine rings is 1. The monoisotopic (exact) mass is 399 g/mol. The number of carbonyl (C=O) groups is 3. The highest BCUT2D eigenvalue weighted by Gasteiger charge is 2.46. The van der Waals surface area contributed by atoms with E-state index in [1.165, 1.54) is 4.90 Å². The largest absolute Gasteiger partial charge is 0.347 e. The second-order valence-electron chi connectivity index (χ2n) is 7.32. The summed E-state index contributed by atoms with van der Waals surface area (Å²) in [5, 5.41) is 5.43. The van der Waals surface area contributed by atoms with Gasteiger partial charge in [-0.1, -0.05) is 30.3 Å². The van der Waals surface area contributed by atoms with E-state index in [4.69, 9.17) is 0 Å². The summed E-state index contributed by atoms with van der Waals surface area (Å²) >= 11 is 0. The molecule has 2 N–H and O–H groups in total. The number of fused-ring (bicyclic) bond motifs is 1. The highest BCUT2D eigenvalue weighted by molar-refractivity contribution is 5.98. The van der Waals surface area contributed by atoms with Gasteiger partial charge in [0.1, 0.15) is 23.7 Å². The molecule has 2 aliphatic heterocycles. The third-order valence-electron chi connectivity index (χ3n) is 5.24. The Balaban J connectivity index is 1.44. The van der Waals surface area contributed by atoms with Gasteiger partial charge in [0.15, 0.2) is 0 Å². The van der Waals surface area contributed by atoms with Crippen LogP contribution in [0.15, 0.2) is 48.5 Å². The molecule has 6 nitrogen and oxygen atoms in total. The van der Waals surface area contributed by atoms with E-state index in [2.05, 4.69) is 10.6 Å². The zero-order chi connectivity index (χ0) is 20.5. The molecule has 0 spiro atoms. The molecule has 2 aromatic rings. The number of halogens is 2. The first-order chi connectivity index (χ1) is 13.9. The summed E-state index contributed by atoms with van der Waals surface area (Å²) in [7, 11) is 0. The van der Waals surface area contributed by atoms with E-state index in [1.807, 2.05) is 30.3 Å². The number of amides is 3. The maximum atomic E-state index is 13.3. The van der Waals surface area contributed by atoms with Crippen molar-refractivity contribution in [3.8, 4) is 0 Å². The molecule has 0 bridgehead atoms. The molecule has 2 heterocycles. The average Bonchev–Trinajstić information content (AvgIpc) is 3.10. The highest BCUT2D eigenvalue weighted by atomic mass is 19.1. The topological polar surface area (TPSA) is 78.5 Å². The van der Waals surface area contributed by atoms with Crippen LogP contribution in [0.1, 0.15) is 22.3 Å². The van der Waals surface area contributed by atoms with Crippen LogP contribution in [0.5, 0.6) is 0 Å². The molecule has 2 aromatic carbocycles. The smallest absolute Gasteiger partial charge is 0.251 e. The molecule has 29 heavy (non-hydrogen) atoms. The fraction of sp³-hybridized carbons (Fsp3) is 0.286. The maximum Gasteiger partial charge on any atom is 0.251 e. The summed E-state index contributed by atoms with van der Waals surface area (Å²) < 4.78 is 26.7. The van der Waals surface area contributed by atoms with Crippen molar-refractivity contribution in [1.82, 2.24) is 15.5 Å². The van der Waals surface area contributed by atoms with Gasteiger partial charge in [0.25, 0.3) is 5.91 Å². The normalized spacial score (nSPS) is 23.5. The Morgan fingerprint density at radius 1 is 1.10 bits per heavy atom. The Kier molecular flexibility index (Phi) is 5.00. The van der Waals surface area contributed by atoms with Gasteiger partial charge >= 0.3 is 0 Å². The SMILES string of the molecule is O=C(N[C@H]1C[C@H]2C(=O)N[C@H](Cc3ccccc3)C(=O)N2C1)c1cc(F)cc(F)c1. The van der Waals surface area contributed by atoms with Gasteiger partial charge < -0.3 is 15.5 Å². The van der Waals surface area contributed by atoms with Crippen LogP contribution in [0.2, 0.25) is 0 Å². The van der Waals surface area contributed by atoms with Gasteiger partial charge in [-0.3, -0.25) is 14.4 Å². The molecule has 2 fully saturated rings. The standard InChI is InChI=1S/C21H19F2N3O3/c22-14-7-13(8-15(23)9-14)19(27)24-16-10-18-20(28)25-17(21(29)26(18)11-16)6-12-4-2-1-3-5-12/h1-5,7-9,16-18H,6,10-11H2,(H,24,27)(H,25,28)/t16-,17+,18-/m0/s1. The number of nitrogens with one attached hydrogen (secondary N) is 2. The second-order valence-corrected chi connectivity index (χ2v) is 7.32. The van der Waals surface area contributed by atoms with Crippen LogP contribution < -0.4 is 10.6 Å². The van der Waals surface area contributed by atoms with E-state index in [1.54, 1.807) is 0 Å². The fourth-order valence-corrected chi connectivity index (χ4v) is 3.90. The van der Waals surface area contributed by atoms with Crippen molar-refractivity contribution < 1.29 is 23.2 Å². The summed E-state index contributed by atoms with van der Waals surface area (Å²) in [5.74, 6) is -2.82. The number of carbonyl (C=O) groups excluding carboxylic acids is 3. The average molecular weight is 399 g/mol. The molecule has 150 valence electrons. The van der Waals surface area contributed by atoms with Crippen LogP contribution in [-0.2, 0) is 16.0 Å². The highest BCUT2D eigenvalue weighted by Crippen LogP contribution is 2.24. The number of rotatable bonds is 4. The third kappa shape index (κ3) is 3.96. The minimum Gasteiger partial charge on any atom is -0.347 e. The van der Waals surface area contributed by atoms with E-state index in [0.29, 0.717) is 12.5 Å². The summed E-state index contributed by atoms with van der Waals surface area (Å²) in [6.45, 7) is 0.172. The van der Waals surface area contributed by atoms with Crippen LogP contribution in [0.4, 0.5) is 8.78 Å². The van der Waals surface area contributed by atoms with Crippen molar-refractivity contribution in [3.05, 3.63) is 71.3 Å². The van der Waals surface area contributed by atoms with E-state index in [-0.39, 0.29) is 30.3 Å². The third-order valence-corrected chi connectivity index (χ3v) is 5.24. The molecular formula is C21H19F2N3O3. The van der Waals surface area contributed by atoms with E-state index < -0.39 is 35.7 Å². The van der Waals surface area contributed by atoms with E-state index in [9.17, 15) is 23.2 Å². The first-order valence-corrected chi connectivity index (χ1v) is 9.32. The minimum atomic E-state index is -0.850. The van der Waals surface area contributed by atoms with Gasteiger partial charge in [0.05, 0.1) is 0 Å². The number of nitrogens with zero attached hydrogens (tertiary/aromatic N) is 1. The van der Waals surface area contributed by atoms with Gasteiger partial charge in [0.2, 0.25) is 11.8 Å². The lowest BCUT2D eigenvalue weighted by Crippen LogP contribution is -2.61. The predicted molar refractivity (Wildman–Crippen MR) is 99.8 cm³/mol. The van der Waals surface area contributed by atoms with Crippen LogP contribution >= 0.6 is 0 Å². The molecule has 0 radical (unpaired) electrons. The Hall–Kier alpha value is -3.29. The molecule has 0 saturated carbocycles. The van der Waals surface area contributed by atoms with Crippen molar-refractivity contribution in [2.45, 2.75) is 31.0 Å². The maximum absolute atomic E-state index is 13.3. The van der Waals surface area contributed by atoms with Crippen molar-refractivity contribution in [1.29, 1.82) is 0 Å². The van der Waals surface area contributed by atoms with Gasteiger partial charge in [-0.25, -0.2) is 8.78 Å². The summed E-state index contributed by atoms with van der Waals surface area (Å²) in [6.07, 6.45) is 0.632. The van der Waals surface area contributed by atoms with Crippen molar-refractivity contribution >= 4 is 17.7 Å². The van der Waals surface area contributed by atoms with Crippen LogP contribution in [-0.4, -0.2) is 47.3 Å². The van der Waals surface area contributed by atoms with Crippen molar-refractivity contribution in [2.24, 2.45) is 0 Å². The lowest BCUT2D eigenvalue weighted by atomic mass is 10.0. The molecule has 0 aromatic heterocycles. The van der Waals surface area contributed by atoms with Crippen LogP contribution in [0, 0.1) is 11.6 Å². The Bertz CT molecular complexity index is 947. The molecular weight excluding hydrogens is 380 g/mol. The molecule has 2 saturated heterocycles. The molecule has 4 rings (SSSR count). The van der Waals surface area contributed by atoms with Crippen molar-refractivity contribution in [2.75, 3.05) is 6.54 Å². The molecule has 3 atom stereocenters. The van der Waals surface area contributed by atoms with E-state index >= 15 is 0 Å². The van der Waals surface area contributed by atoms with E-state index in [0.717, 1.165) is 17.7 Å². The first-order valence-electron chi connectivity index (χ1n) is 9.32. The molecule has 2 aliphatic rings. The van der Waals surface area contributed by atoms with Gasteiger partial charge in [0, 0.05) is 30.6 Å². The number of hydrogen-bond donors (Lipinski definition) is 2. The summed E-state index contributed by atoms with van der Waals surface area (Å²) in [5.41, 5.74) is 0.784. The lowest BCUT2D eigenvalue weighted by molar-refractivity contribution is -0.147. The van der Waals surface area contributed by atoms with Crippen LogP contribution in [0.25, 0.3) is 0 Å². The number of benzene rings is 2. The lowest BCUT2D eigenvalue weighted by Gasteiger charge is -2.34.